The van der Waals surface area contributed by atoms with E-state index in [1.807, 2.05) is 0 Å². The van der Waals surface area contributed by atoms with Crippen LogP contribution in [0.25, 0.3) is 0 Å². The quantitative estimate of drug-likeness (QED) is 0.375. The molecular weight excluding hydrogens is 365 g/mol. The van der Waals surface area contributed by atoms with Crippen molar-refractivity contribution in [2.24, 2.45) is 16.6 Å². The van der Waals surface area contributed by atoms with Crippen molar-refractivity contribution < 1.29 is 0 Å². The monoisotopic (exact) mass is 401 g/mol. The smallest absolute Gasteiger partial charge is 0.101 e. The van der Waals surface area contributed by atoms with Crippen molar-refractivity contribution in [1.29, 1.82) is 0 Å². The Labute approximate surface area is 172 Å². The molecule has 1 fully saturated rings. The third kappa shape index (κ3) is 8.75. The number of halogens is 2. The highest BCUT2D eigenvalue weighted by molar-refractivity contribution is 5.87. The Bertz CT molecular complexity index is 508. The molecule has 3 nitrogen and oxygen atoms in total. The lowest BCUT2D eigenvalue weighted by molar-refractivity contribution is 0.228. The Morgan fingerprint density at radius 3 is 2.23 bits per heavy atom. The lowest BCUT2D eigenvalue weighted by Crippen LogP contribution is -2.31. The normalized spacial score (nSPS) is 16.7. The van der Waals surface area contributed by atoms with Crippen LogP contribution in [0, 0.1) is 5.92 Å². The molecule has 0 bridgehead atoms. The molecule has 150 valence electrons. The van der Waals surface area contributed by atoms with E-state index in [2.05, 4.69) is 54.9 Å². The molecule has 5 heteroatoms. The third-order valence-corrected chi connectivity index (χ3v) is 4.94. The van der Waals surface area contributed by atoms with E-state index < -0.39 is 0 Å². The molecule has 1 aromatic carbocycles. The van der Waals surface area contributed by atoms with E-state index in [1.54, 1.807) is 0 Å². The zero-order valence-corrected chi connectivity index (χ0v) is 18.2. The van der Waals surface area contributed by atoms with Gasteiger partial charge in [0, 0.05) is 12.5 Å². The predicted octanol–water partition coefficient (Wildman–Crippen LogP) is 5.07. The van der Waals surface area contributed by atoms with Crippen LogP contribution in [0.5, 0.6) is 0 Å². The molecule has 1 aliphatic heterocycles. The summed E-state index contributed by atoms with van der Waals surface area (Å²) in [5, 5.41) is 0. The van der Waals surface area contributed by atoms with Crippen molar-refractivity contribution in [3.05, 3.63) is 35.4 Å². The topological polar surface area (TPSA) is 41.6 Å². The summed E-state index contributed by atoms with van der Waals surface area (Å²) in [6.07, 6.45) is 6.36. The van der Waals surface area contributed by atoms with Gasteiger partial charge in [0.15, 0.2) is 0 Å². The van der Waals surface area contributed by atoms with Crippen molar-refractivity contribution in [2.75, 3.05) is 26.2 Å². The molecule has 2 N–H and O–H groups in total. The van der Waals surface area contributed by atoms with Gasteiger partial charge in [-0.1, -0.05) is 51.5 Å². The van der Waals surface area contributed by atoms with Gasteiger partial charge in [-0.15, -0.1) is 24.8 Å². The number of hydrogen-bond donors (Lipinski definition) is 1. The predicted molar refractivity (Wildman–Crippen MR) is 119 cm³/mol. The van der Waals surface area contributed by atoms with Crippen LogP contribution in [0.4, 0.5) is 0 Å². The van der Waals surface area contributed by atoms with Gasteiger partial charge in [-0.25, -0.2) is 0 Å². The van der Waals surface area contributed by atoms with Crippen molar-refractivity contribution in [3.8, 4) is 0 Å². The summed E-state index contributed by atoms with van der Waals surface area (Å²) in [5.74, 6) is 1.66. The number of benzene rings is 1. The fraction of sp³-hybridized carbons (Fsp3) is 0.667. The molecule has 0 saturated carbocycles. The Morgan fingerprint density at radius 1 is 1.04 bits per heavy atom. The maximum atomic E-state index is 6.22. The van der Waals surface area contributed by atoms with Crippen LogP contribution in [-0.4, -0.2) is 36.9 Å². The minimum atomic E-state index is 0. The van der Waals surface area contributed by atoms with E-state index in [1.165, 1.54) is 43.5 Å². The molecule has 2 rings (SSSR count). The summed E-state index contributed by atoms with van der Waals surface area (Å²) in [6, 6.07) is 8.88. The average Bonchev–Trinajstić information content (AvgIpc) is 2.59. The molecular formula is C21H37Cl2N3. The molecule has 1 heterocycles. The van der Waals surface area contributed by atoms with Crippen molar-refractivity contribution >= 4 is 30.6 Å². The van der Waals surface area contributed by atoms with Gasteiger partial charge in [0.05, 0.1) is 0 Å². The summed E-state index contributed by atoms with van der Waals surface area (Å²) >= 11 is 0. The summed E-state index contributed by atoms with van der Waals surface area (Å²) in [4.78, 5) is 7.19. The van der Waals surface area contributed by atoms with Crippen molar-refractivity contribution in [2.45, 2.75) is 58.8 Å². The van der Waals surface area contributed by atoms with Gasteiger partial charge in [0.1, 0.15) is 5.84 Å². The van der Waals surface area contributed by atoms with Crippen LogP contribution in [0.15, 0.2) is 29.3 Å². The number of rotatable bonds is 8. The number of amidine groups is 1. The van der Waals surface area contributed by atoms with Gasteiger partial charge in [-0.2, -0.15) is 0 Å². The summed E-state index contributed by atoms with van der Waals surface area (Å²) in [5.41, 5.74) is 8.89. The Hall–Kier alpha value is -0.770. The second-order valence-corrected chi connectivity index (χ2v) is 7.62. The minimum absolute atomic E-state index is 0. The van der Waals surface area contributed by atoms with Crippen LogP contribution >= 0.6 is 24.8 Å². The fourth-order valence-corrected chi connectivity index (χ4v) is 3.41. The van der Waals surface area contributed by atoms with Gasteiger partial charge in [-0.05, 0) is 62.4 Å². The first-order valence-corrected chi connectivity index (χ1v) is 9.67. The number of hydrogen-bond acceptors (Lipinski definition) is 2. The minimum Gasteiger partial charge on any atom is -0.387 e. The van der Waals surface area contributed by atoms with E-state index in [0.717, 1.165) is 31.8 Å². The SMILES string of the molecule is CC(C)Cc1ccc([C@@H](C)C(N)=NCCCN2CCCCC2)cc1.Cl.Cl. The number of likely N-dealkylation sites (tertiary alicyclic amines) is 1. The molecule has 0 aromatic heterocycles. The largest absolute Gasteiger partial charge is 0.387 e. The molecule has 26 heavy (non-hydrogen) atoms. The molecule has 1 aromatic rings. The zero-order valence-electron chi connectivity index (χ0n) is 16.6. The van der Waals surface area contributed by atoms with E-state index >= 15 is 0 Å². The number of piperidine rings is 1. The van der Waals surface area contributed by atoms with Gasteiger partial charge in [0.2, 0.25) is 0 Å². The third-order valence-electron chi connectivity index (χ3n) is 4.94. The van der Waals surface area contributed by atoms with Crippen molar-refractivity contribution in [1.82, 2.24) is 4.90 Å². The Kier molecular flexibility index (Phi) is 13.0. The Morgan fingerprint density at radius 2 is 1.65 bits per heavy atom. The molecule has 0 aliphatic carbocycles. The molecule has 0 amide bonds. The highest BCUT2D eigenvalue weighted by atomic mass is 35.5. The number of aliphatic imine (C=N–C) groups is 1. The first kappa shape index (κ1) is 25.2. The van der Waals surface area contributed by atoms with E-state index in [9.17, 15) is 0 Å². The molecule has 1 aliphatic rings. The van der Waals surface area contributed by atoms with Crippen LogP contribution in [0.1, 0.15) is 63.5 Å². The van der Waals surface area contributed by atoms with Crippen LogP contribution in [0.2, 0.25) is 0 Å². The number of nitrogens with two attached hydrogens (primary N) is 1. The maximum Gasteiger partial charge on any atom is 0.101 e. The first-order valence-electron chi connectivity index (χ1n) is 9.67. The highest BCUT2D eigenvalue weighted by Crippen LogP contribution is 2.18. The van der Waals surface area contributed by atoms with E-state index in [0.29, 0.717) is 5.92 Å². The molecule has 0 spiro atoms. The molecule has 1 saturated heterocycles. The fourth-order valence-electron chi connectivity index (χ4n) is 3.41. The van der Waals surface area contributed by atoms with Gasteiger partial charge >= 0.3 is 0 Å². The maximum absolute atomic E-state index is 6.22. The standard InChI is InChI=1S/C21H35N3.2ClH/c1-17(2)16-19-8-10-20(11-9-19)18(3)21(22)23-12-7-15-24-13-5-4-6-14-24;;/h8-11,17-18H,4-7,12-16H2,1-3H3,(H2,22,23);2*1H/t18-;;/m1../s1. The number of nitrogens with zero attached hydrogens (tertiary/aromatic N) is 2. The molecule has 0 radical (unpaired) electrons. The second kappa shape index (κ2) is 13.4. The molecule has 1 atom stereocenters. The lowest BCUT2D eigenvalue weighted by atomic mass is 9.96. The van der Waals surface area contributed by atoms with Gasteiger partial charge in [0.25, 0.3) is 0 Å². The first-order chi connectivity index (χ1) is 11.6. The average molecular weight is 402 g/mol. The van der Waals surface area contributed by atoms with Crippen molar-refractivity contribution in [3.63, 3.8) is 0 Å². The van der Waals surface area contributed by atoms with Crippen LogP contribution in [0.3, 0.4) is 0 Å². The van der Waals surface area contributed by atoms with Gasteiger partial charge in [-0.3, -0.25) is 4.99 Å². The molecule has 0 unspecified atom stereocenters. The van der Waals surface area contributed by atoms with Crippen LogP contribution in [-0.2, 0) is 6.42 Å². The summed E-state index contributed by atoms with van der Waals surface area (Å²) in [6.45, 7) is 11.2. The lowest BCUT2D eigenvalue weighted by Gasteiger charge is -2.26. The zero-order chi connectivity index (χ0) is 17.4. The highest BCUT2D eigenvalue weighted by Gasteiger charge is 2.11. The summed E-state index contributed by atoms with van der Waals surface area (Å²) < 4.78 is 0. The van der Waals surface area contributed by atoms with Gasteiger partial charge < -0.3 is 10.6 Å². The van der Waals surface area contributed by atoms with E-state index in [4.69, 9.17) is 5.73 Å². The second-order valence-electron chi connectivity index (χ2n) is 7.62. The van der Waals surface area contributed by atoms with Crippen LogP contribution < -0.4 is 5.73 Å². The Balaban J connectivity index is 0.00000312. The van der Waals surface area contributed by atoms with E-state index in [-0.39, 0.29) is 30.7 Å². The summed E-state index contributed by atoms with van der Waals surface area (Å²) in [7, 11) is 0.